The van der Waals surface area contributed by atoms with Crippen LogP contribution in [-0.2, 0) is 7.05 Å². The molecule has 1 fully saturated rings. The maximum Gasteiger partial charge on any atom is 0.274 e. The summed E-state index contributed by atoms with van der Waals surface area (Å²) < 4.78 is 17.8. The minimum atomic E-state index is -0.707. The molecule has 138 valence electrons. The molecule has 0 aliphatic carbocycles. The number of carbonyl (C=O) groups is 1. The van der Waals surface area contributed by atoms with E-state index < -0.39 is 11.9 Å². The van der Waals surface area contributed by atoms with E-state index in [4.69, 9.17) is 5.26 Å². The highest BCUT2D eigenvalue weighted by Gasteiger charge is 2.26. The minimum Gasteiger partial charge on any atom is -0.346 e. The summed E-state index contributed by atoms with van der Waals surface area (Å²) in [7, 11) is 1.83. The first-order valence-corrected chi connectivity index (χ1v) is 8.60. The van der Waals surface area contributed by atoms with Crippen LogP contribution in [0.5, 0.6) is 0 Å². The lowest BCUT2D eigenvalue weighted by atomic mass is 10.1. The van der Waals surface area contributed by atoms with Gasteiger partial charge in [0.05, 0.1) is 5.69 Å². The fourth-order valence-corrected chi connectivity index (χ4v) is 3.43. The summed E-state index contributed by atoms with van der Waals surface area (Å²) in [4.78, 5) is 18.2. The number of nitrogens with one attached hydrogen (secondary N) is 1. The van der Waals surface area contributed by atoms with Gasteiger partial charge in [0.1, 0.15) is 5.65 Å². The molecule has 9 heteroatoms. The highest BCUT2D eigenvalue weighted by molar-refractivity contribution is 5.93. The van der Waals surface area contributed by atoms with Crippen LogP contribution < -0.4 is 5.32 Å². The zero-order chi connectivity index (χ0) is 19.1. The molecule has 4 heterocycles. The van der Waals surface area contributed by atoms with Gasteiger partial charge in [-0.05, 0) is 25.5 Å². The van der Waals surface area contributed by atoms with Crippen LogP contribution in [0.4, 0.5) is 4.39 Å². The van der Waals surface area contributed by atoms with Crippen molar-refractivity contribution in [2.45, 2.75) is 19.4 Å². The van der Waals surface area contributed by atoms with E-state index in [1.165, 1.54) is 4.40 Å². The Morgan fingerprint density at radius 2 is 2.22 bits per heavy atom. The fraction of sp³-hybridized carbons (Fsp3) is 0.333. The van der Waals surface area contributed by atoms with Crippen LogP contribution in [0.1, 0.15) is 22.6 Å². The van der Waals surface area contributed by atoms with Crippen molar-refractivity contribution in [3.05, 3.63) is 41.9 Å². The molecule has 1 atom stereocenters. The number of nitrogens with zero attached hydrogens (tertiary/aromatic N) is 6. The van der Waals surface area contributed by atoms with E-state index in [2.05, 4.69) is 15.4 Å². The molecule has 0 radical (unpaired) electrons. The van der Waals surface area contributed by atoms with Gasteiger partial charge in [0.25, 0.3) is 5.91 Å². The maximum absolute atomic E-state index is 14.9. The second kappa shape index (κ2) is 6.39. The molecule has 0 unspecified atom stereocenters. The van der Waals surface area contributed by atoms with Crippen molar-refractivity contribution < 1.29 is 9.18 Å². The van der Waals surface area contributed by atoms with Crippen LogP contribution >= 0.6 is 0 Å². The number of rotatable bonds is 3. The van der Waals surface area contributed by atoms with E-state index in [1.807, 2.05) is 32.4 Å². The number of hydrogen-bond donors (Lipinski definition) is 1. The van der Waals surface area contributed by atoms with Gasteiger partial charge in [-0.25, -0.2) is 4.98 Å². The molecule has 8 nitrogen and oxygen atoms in total. The summed E-state index contributed by atoms with van der Waals surface area (Å²) in [6, 6.07) is 3.32. The lowest BCUT2D eigenvalue weighted by Crippen LogP contribution is -2.37. The second-order valence-electron chi connectivity index (χ2n) is 6.70. The van der Waals surface area contributed by atoms with Crippen LogP contribution in [-0.4, -0.2) is 49.1 Å². The molecule has 4 rings (SSSR count). The molecule has 3 aromatic rings. The Hall–Kier alpha value is -3.41. The summed E-state index contributed by atoms with van der Waals surface area (Å²) in [5.74, 6) is -1.28. The molecule has 0 spiro atoms. The highest BCUT2D eigenvalue weighted by Crippen LogP contribution is 2.24. The van der Waals surface area contributed by atoms with Gasteiger partial charge in [-0.15, -0.1) is 0 Å². The first-order valence-electron chi connectivity index (χ1n) is 8.60. The van der Waals surface area contributed by atoms with E-state index in [0.29, 0.717) is 25.2 Å². The lowest BCUT2D eigenvalue weighted by Gasteiger charge is -2.10. The largest absolute Gasteiger partial charge is 0.346 e. The number of aromatic nitrogens is 4. The van der Waals surface area contributed by atoms with Gasteiger partial charge in [-0.1, -0.05) is 0 Å². The Kier molecular flexibility index (Phi) is 4.03. The quantitative estimate of drug-likeness (QED) is 0.708. The number of hydrogen-bond acceptors (Lipinski definition) is 5. The number of carbonyl (C=O) groups excluding carboxylic acids is 1. The summed E-state index contributed by atoms with van der Waals surface area (Å²) in [5, 5.41) is 16.0. The third kappa shape index (κ3) is 2.99. The number of aryl methyl sites for hydroxylation is 2. The van der Waals surface area contributed by atoms with E-state index in [-0.39, 0.29) is 11.7 Å². The number of amides is 1. The number of likely N-dealkylation sites (tertiary alicyclic amines) is 1. The molecule has 0 bridgehead atoms. The third-order valence-corrected chi connectivity index (χ3v) is 4.76. The van der Waals surface area contributed by atoms with Crippen LogP contribution in [0, 0.1) is 24.3 Å². The van der Waals surface area contributed by atoms with E-state index in [9.17, 15) is 9.18 Å². The Morgan fingerprint density at radius 1 is 1.41 bits per heavy atom. The summed E-state index contributed by atoms with van der Waals surface area (Å²) in [5.41, 5.74) is 2.62. The zero-order valence-corrected chi connectivity index (χ0v) is 15.0. The summed E-state index contributed by atoms with van der Waals surface area (Å²) in [6.45, 7) is 2.90. The molecular weight excluding hydrogens is 349 g/mol. The molecule has 0 aromatic carbocycles. The number of nitriles is 1. The van der Waals surface area contributed by atoms with Crippen molar-refractivity contribution in [1.82, 2.24) is 29.4 Å². The number of halogens is 1. The third-order valence-electron chi connectivity index (χ3n) is 4.76. The molecule has 1 aliphatic heterocycles. The Bertz CT molecular complexity index is 1080. The molecule has 3 aromatic heterocycles. The van der Waals surface area contributed by atoms with E-state index >= 15 is 0 Å². The van der Waals surface area contributed by atoms with Crippen LogP contribution in [0.3, 0.4) is 0 Å². The Balaban J connectivity index is 1.63. The average Bonchev–Trinajstić information content (AvgIpc) is 3.32. The van der Waals surface area contributed by atoms with Gasteiger partial charge in [-0.2, -0.15) is 14.8 Å². The molecule has 1 amide bonds. The smallest absolute Gasteiger partial charge is 0.274 e. The average molecular weight is 367 g/mol. The first kappa shape index (κ1) is 17.0. The van der Waals surface area contributed by atoms with Crippen LogP contribution in [0.15, 0.2) is 24.5 Å². The second-order valence-corrected chi connectivity index (χ2v) is 6.70. The van der Waals surface area contributed by atoms with Crippen LogP contribution in [0.2, 0.25) is 0 Å². The summed E-state index contributed by atoms with van der Waals surface area (Å²) in [6.07, 6.45) is 6.18. The summed E-state index contributed by atoms with van der Waals surface area (Å²) >= 11 is 0. The minimum absolute atomic E-state index is 0.185. The van der Waals surface area contributed by atoms with E-state index in [0.717, 1.165) is 16.8 Å². The van der Waals surface area contributed by atoms with Gasteiger partial charge in [0.2, 0.25) is 5.95 Å². The Morgan fingerprint density at radius 3 is 2.89 bits per heavy atom. The van der Waals surface area contributed by atoms with E-state index in [1.54, 1.807) is 21.8 Å². The Labute approximate surface area is 154 Å². The lowest BCUT2D eigenvalue weighted by molar-refractivity contribution is 0.0929. The van der Waals surface area contributed by atoms with Gasteiger partial charge in [-0.3, -0.25) is 13.9 Å². The van der Waals surface area contributed by atoms with Gasteiger partial charge < -0.3 is 10.2 Å². The normalized spacial score (nSPS) is 16.7. The highest BCUT2D eigenvalue weighted by atomic mass is 19.1. The molecular formula is C18H18FN7O. The van der Waals surface area contributed by atoms with Crippen molar-refractivity contribution in [3.8, 4) is 17.3 Å². The predicted octanol–water partition coefficient (Wildman–Crippen LogP) is 1.47. The molecule has 27 heavy (non-hydrogen) atoms. The van der Waals surface area contributed by atoms with Crippen molar-refractivity contribution in [2.24, 2.45) is 7.05 Å². The monoisotopic (exact) mass is 367 g/mol. The van der Waals surface area contributed by atoms with Crippen LogP contribution in [0.25, 0.3) is 16.8 Å². The first-order chi connectivity index (χ1) is 13.0. The predicted molar refractivity (Wildman–Crippen MR) is 95.1 cm³/mol. The fourth-order valence-electron chi connectivity index (χ4n) is 3.43. The topological polar surface area (TPSA) is 91.2 Å². The molecule has 1 N–H and O–H groups in total. The zero-order valence-electron chi connectivity index (χ0n) is 15.0. The maximum atomic E-state index is 14.9. The van der Waals surface area contributed by atoms with Crippen molar-refractivity contribution in [2.75, 3.05) is 13.1 Å². The molecule has 0 saturated carbocycles. The number of imidazole rings is 1. The van der Waals surface area contributed by atoms with Gasteiger partial charge in [0, 0.05) is 49.7 Å². The molecule has 1 saturated heterocycles. The standard InChI is InChI=1S/C18H18FN7O/c1-11-14(9-24(2)23-11)12-3-4-15-22-16(17(19)26(15)7-12)18(27)21-13-5-6-25(8-13)10-20/h3-4,7,9,13H,5-6,8H2,1-2H3,(H,21,27)/t13-/m1/s1. The van der Waals surface area contributed by atoms with Gasteiger partial charge >= 0.3 is 0 Å². The van der Waals surface area contributed by atoms with Crippen molar-refractivity contribution >= 4 is 11.6 Å². The van der Waals surface area contributed by atoms with Crippen molar-refractivity contribution in [3.63, 3.8) is 0 Å². The number of fused-ring (bicyclic) bond motifs is 1. The van der Waals surface area contributed by atoms with Gasteiger partial charge in [0.15, 0.2) is 11.9 Å². The molecule has 1 aliphatic rings. The van der Waals surface area contributed by atoms with Crippen molar-refractivity contribution in [1.29, 1.82) is 5.26 Å². The number of pyridine rings is 1. The SMILES string of the molecule is Cc1nn(C)cc1-c1ccc2nc(C(=O)N[C@@H]3CCN(C#N)C3)c(F)n2c1.